The van der Waals surface area contributed by atoms with E-state index in [-0.39, 0.29) is 30.0 Å². The smallest absolute Gasteiger partial charge is 0.191 e. The van der Waals surface area contributed by atoms with Gasteiger partial charge in [0.25, 0.3) is 0 Å². The highest BCUT2D eigenvalue weighted by molar-refractivity contribution is 14.0. The Morgan fingerprint density at radius 3 is 2.75 bits per heavy atom. The lowest BCUT2D eigenvalue weighted by atomic mass is 10.1. The van der Waals surface area contributed by atoms with Crippen molar-refractivity contribution >= 4 is 29.9 Å². The Hall–Kier alpha value is -1.92. The van der Waals surface area contributed by atoms with Crippen LogP contribution in [0.5, 0.6) is 5.75 Å². The van der Waals surface area contributed by atoms with Crippen molar-refractivity contribution in [3.8, 4) is 5.75 Å². The van der Waals surface area contributed by atoms with Crippen molar-refractivity contribution in [3.63, 3.8) is 0 Å². The molecule has 178 valence electrons. The van der Waals surface area contributed by atoms with E-state index >= 15 is 0 Å². The Balaban J connectivity index is 0.00000363. The summed E-state index contributed by atoms with van der Waals surface area (Å²) in [4.78, 5) is 9.23. The molecule has 10 heteroatoms. The molecule has 0 fully saturated rings. The molecule has 0 bridgehead atoms. The Morgan fingerprint density at radius 2 is 2.03 bits per heavy atom. The van der Waals surface area contributed by atoms with Crippen LogP contribution in [0.15, 0.2) is 29.3 Å². The number of aromatic nitrogens is 3. The average molecular weight is 558 g/mol. The van der Waals surface area contributed by atoms with Crippen LogP contribution in [0.3, 0.4) is 0 Å². The third kappa shape index (κ3) is 8.21. The number of nitrogens with zero attached hydrogens (tertiary/aromatic N) is 4. The van der Waals surface area contributed by atoms with Gasteiger partial charge in [0.2, 0.25) is 0 Å². The Labute approximate surface area is 207 Å². The summed E-state index contributed by atoms with van der Waals surface area (Å²) < 4.78 is 18.1. The molecule has 1 aliphatic rings. The van der Waals surface area contributed by atoms with E-state index in [2.05, 4.69) is 27.6 Å². The third-order valence-electron chi connectivity index (χ3n) is 5.00. The molecule has 1 aliphatic heterocycles. The number of rotatable bonds is 11. The number of aryl methyl sites for hydroxylation is 1. The Kier molecular flexibility index (Phi) is 11.7. The second-order valence-electron chi connectivity index (χ2n) is 7.45. The van der Waals surface area contributed by atoms with Crippen LogP contribution in [0.2, 0.25) is 0 Å². The fourth-order valence-electron chi connectivity index (χ4n) is 3.45. The van der Waals surface area contributed by atoms with Crippen LogP contribution in [0.25, 0.3) is 0 Å². The summed E-state index contributed by atoms with van der Waals surface area (Å²) in [5.41, 5.74) is 1.14. The van der Waals surface area contributed by atoms with E-state index < -0.39 is 0 Å². The van der Waals surface area contributed by atoms with Gasteiger partial charge in [0.15, 0.2) is 11.8 Å². The van der Waals surface area contributed by atoms with Crippen molar-refractivity contribution in [2.75, 3.05) is 33.9 Å². The number of aliphatic imine (C=N–C) groups is 1. The number of nitrogens with one attached hydrogen (secondary N) is 2. The van der Waals surface area contributed by atoms with Crippen molar-refractivity contribution in [2.45, 2.75) is 52.0 Å². The predicted octanol–water partition coefficient (Wildman–Crippen LogP) is 2.53. The zero-order valence-electron chi connectivity index (χ0n) is 19.2. The molecular formula is C22H35IN6O3. The summed E-state index contributed by atoms with van der Waals surface area (Å²) >= 11 is 0. The minimum Gasteiger partial charge on any atom is -0.497 e. The van der Waals surface area contributed by atoms with Gasteiger partial charge < -0.3 is 24.8 Å². The maximum Gasteiger partial charge on any atom is 0.191 e. The molecule has 1 unspecified atom stereocenters. The number of halogens is 1. The molecule has 2 N–H and O–H groups in total. The molecule has 9 nitrogen and oxygen atoms in total. The molecule has 32 heavy (non-hydrogen) atoms. The Morgan fingerprint density at radius 1 is 1.22 bits per heavy atom. The van der Waals surface area contributed by atoms with Crippen molar-refractivity contribution in [1.29, 1.82) is 0 Å². The number of guanidine groups is 1. The quantitative estimate of drug-likeness (QED) is 0.190. The third-order valence-corrected chi connectivity index (χ3v) is 5.00. The van der Waals surface area contributed by atoms with Crippen LogP contribution in [0.1, 0.15) is 37.0 Å². The number of methoxy groups -OCH3 is 2. The monoisotopic (exact) mass is 558 g/mol. The summed E-state index contributed by atoms with van der Waals surface area (Å²) in [6.07, 6.45) is 2.76. The fourth-order valence-corrected chi connectivity index (χ4v) is 3.45. The van der Waals surface area contributed by atoms with E-state index in [1.54, 1.807) is 14.2 Å². The van der Waals surface area contributed by atoms with E-state index in [4.69, 9.17) is 19.2 Å². The highest BCUT2D eigenvalue weighted by Crippen LogP contribution is 2.14. The molecule has 2 aromatic rings. The predicted molar refractivity (Wildman–Crippen MR) is 135 cm³/mol. The summed E-state index contributed by atoms with van der Waals surface area (Å²) in [5, 5.41) is 11.4. The normalized spacial score (nSPS) is 15.6. The second kappa shape index (κ2) is 14.3. The van der Waals surface area contributed by atoms with Gasteiger partial charge in [-0.2, -0.15) is 5.10 Å². The highest BCUT2D eigenvalue weighted by Gasteiger charge is 2.22. The van der Waals surface area contributed by atoms with Gasteiger partial charge in [-0.15, -0.1) is 24.0 Å². The maximum absolute atomic E-state index is 5.77. The molecule has 0 spiro atoms. The minimum absolute atomic E-state index is 0. The lowest BCUT2D eigenvalue weighted by Gasteiger charge is -2.25. The average Bonchev–Trinajstić information content (AvgIpc) is 3.18. The molecule has 0 saturated heterocycles. The van der Waals surface area contributed by atoms with Crippen LogP contribution >= 0.6 is 24.0 Å². The maximum atomic E-state index is 5.77. The van der Waals surface area contributed by atoms with Crippen molar-refractivity contribution in [3.05, 3.63) is 41.5 Å². The van der Waals surface area contributed by atoms with Gasteiger partial charge >= 0.3 is 0 Å². The number of fused-ring (bicyclic) bond motifs is 1. The molecule has 2 heterocycles. The van der Waals surface area contributed by atoms with Crippen LogP contribution in [0.4, 0.5) is 0 Å². The van der Waals surface area contributed by atoms with Crippen molar-refractivity contribution in [2.24, 2.45) is 4.99 Å². The van der Waals surface area contributed by atoms with Crippen LogP contribution in [-0.4, -0.2) is 60.7 Å². The van der Waals surface area contributed by atoms with Gasteiger partial charge in [0, 0.05) is 39.3 Å². The largest absolute Gasteiger partial charge is 0.497 e. The molecule has 0 amide bonds. The van der Waals surface area contributed by atoms with Crippen molar-refractivity contribution in [1.82, 2.24) is 25.4 Å². The molecule has 3 rings (SSSR count). The number of ether oxygens (including phenoxy) is 3. The molecule has 0 aliphatic carbocycles. The first-order valence-corrected chi connectivity index (χ1v) is 10.9. The van der Waals surface area contributed by atoms with Gasteiger partial charge in [-0.3, -0.25) is 4.99 Å². The van der Waals surface area contributed by atoms with Gasteiger partial charge in [-0.1, -0.05) is 12.1 Å². The molecule has 1 aromatic heterocycles. The van der Waals surface area contributed by atoms with Gasteiger partial charge in [-0.25, -0.2) is 9.67 Å². The number of benzene rings is 1. The van der Waals surface area contributed by atoms with Crippen LogP contribution in [-0.2, 0) is 35.7 Å². The Bertz CT molecular complexity index is 828. The standard InChI is InChI=1S/C22H34N6O3.HI/c1-4-23-22(24-12-5-13-31-15-17-6-9-19(30-3)10-7-17)25-18-8-11-21-26-20(16-29-2)27-28(21)14-18;/h6-7,9-10,18H,4-5,8,11-16H2,1-3H3,(H2,23,24,25);1H. The first kappa shape index (κ1) is 26.3. The van der Waals surface area contributed by atoms with E-state index in [0.29, 0.717) is 26.4 Å². The van der Waals surface area contributed by atoms with E-state index in [9.17, 15) is 0 Å². The van der Waals surface area contributed by atoms with E-state index in [1.165, 1.54) is 0 Å². The summed E-state index contributed by atoms with van der Waals surface area (Å²) in [6, 6.07) is 8.21. The minimum atomic E-state index is 0. The molecule has 1 atom stereocenters. The lowest BCUT2D eigenvalue weighted by Crippen LogP contribution is -2.47. The summed E-state index contributed by atoms with van der Waals surface area (Å²) in [7, 11) is 3.33. The first-order valence-electron chi connectivity index (χ1n) is 10.9. The fraction of sp³-hybridized carbons (Fsp3) is 0.591. The SMILES string of the molecule is CCNC(=NCCCOCc1ccc(OC)cc1)NC1CCc2nc(COC)nn2C1.I. The second-order valence-corrected chi connectivity index (χ2v) is 7.45. The van der Waals surface area contributed by atoms with Crippen LogP contribution in [0, 0.1) is 0 Å². The van der Waals surface area contributed by atoms with Crippen molar-refractivity contribution < 1.29 is 14.2 Å². The lowest BCUT2D eigenvalue weighted by molar-refractivity contribution is 0.120. The summed E-state index contributed by atoms with van der Waals surface area (Å²) in [5.74, 6) is 3.47. The number of hydrogen-bond donors (Lipinski definition) is 2. The molecule has 0 saturated carbocycles. The highest BCUT2D eigenvalue weighted by atomic mass is 127. The molecule has 0 radical (unpaired) electrons. The van der Waals surface area contributed by atoms with Gasteiger partial charge in [0.05, 0.1) is 20.3 Å². The molecule has 1 aromatic carbocycles. The molecular weight excluding hydrogens is 523 g/mol. The van der Waals surface area contributed by atoms with E-state index in [0.717, 1.165) is 61.3 Å². The zero-order chi connectivity index (χ0) is 21.9. The first-order chi connectivity index (χ1) is 15.2. The zero-order valence-corrected chi connectivity index (χ0v) is 21.5. The van der Waals surface area contributed by atoms with Gasteiger partial charge in [0.1, 0.15) is 18.2 Å². The topological polar surface area (TPSA) is 94.8 Å². The van der Waals surface area contributed by atoms with E-state index in [1.807, 2.05) is 28.9 Å². The van der Waals surface area contributed by atoms with Gasteiger partial charge in [-0.05, 0) is 37.5 Å². The summed E-state index contributed by atoms with van der Waals surface area (Å²) in [6.45, 7) is 6.09. The number of hydrogen-bond acceptors (Lipinski definition) is 6. The van der Waals surface area contributed by atoms with Crippen LogP contribution < -0.4 is 15.4 Å².